The van der Waals surface area contributed by atoms with Gasteiger partial charge in [0.15, 0.2) is 11.5 Å². The highest BCUT2D eigenvalue weighted by Gasteiger charge is 2.14. The topological polar surface area (TPSA) is 103 Å². The Balaban J connectivity index is 1.40. The number of nitrogens with zero attached hydrogens (tertiary/aromatic N) is 3. The quantitative estimate of drug-likeness (QED) is 0.533. The van der Waals surface area contributed by atoms with Crippen LogP contribution in [0.25, 0.3) is 11.3 Å². The highest BCUT2D eigenvalue weighted by atomic mass is 16.5. The van der Waals surface area contributed by atoms with Crippen LogP contribution in [0.3, 0.4) is 0 Å². The van der Waals surface area contributed by atoms with Gasteiger partial charge in [-0.05, 0) is 42.0 Å². The van der Waals surface area contributed by atoms with Crippen molar-refractivity contribution >= 4 is 11.6 Å². The number of ether oxygens (including phenoxy) is 1. The van der Waals surface area contributed by atoms with Crippen LogP contribution in [0.5, 0.6) is 5.75 Å². The van der Waals surface area contributed by atoms with E-state index >= 15 is 0 Å². The molecule has 0 bridgehead atoms. The molecule has 0 atom stereocenters. The second-order valence-corrected chi connectivity index (χ2v) is 6.35. The minimum atomic E-state index is -0.353. The van der Waals surface area contributed by atoms with Crippen LogP contribution >= 0.6 is 0 Å². The molecule has 4 rings (SSSR count). The van der Waals surface area contributed by atoms with Gasteiger partial charge < -0.3 is 19.0 Å². The Morgan fingerprint density at radius 1 is 1.07 bits per heavy atom. The predicted octanol–water partition coefficient (Wildman–Crippen LogP) is 3.88. The SMILES string of the molecule is COc1ccc(-c2cc(C(=O)Nc3ccc(Cc4nnc(C)o4)cc3)no2)cc1. The van der Waals surface area contributed by atoms with Crippen molar-refractivity contribution in [1.29, 1.82) is 0 Å². The maximum absolute atomic E-state index is 12.5. The normalized spacial score (nSPS) is 10.7. The van der Waals surface area contributed by atoms with Gasteiger partial charge in [-0.3, -0.25) is 4.79 Å². The molecule has 146 valence electrons. The lowest BCUT2D eigenvalue weighted by Crippen LogP contribution is -2.12. The summed E-state index contributed by atoms with van der Waals surface area (Å²) in [5, 5.41) is 14.5. The molecule has 0 aliphatic rings. The first-order valence-corrected chi connectivity index (χ1v) is 8.91. The maximum atomic E-state index is 12.5. The summed E-state index contributed by atoms with van der Waals surface area (Å²) in [5.41, 5.74) is 2.64. The van der Waals surface area contributed by atoms with Crippen molar-refractivity contribution in [3.05, 3.63) is 77.6 Å². The third kappa shape index (κ3) is 4.32. The van der Waals surface area contributed by atoms with E-state index in [1.54, 1.807) is 32.2 Å². The number of carbonyl (C=O) groups excluding carboxylic acids is 1. The smallest absolute Gasteiger partial charge is 0.277 e. The van der Waals surface area contributed by atoms with Gasteiger partial charge in [0.05, 0.1) is 13.5 Å². The molecular weight excluding hydrogens is 372 g/mol. The Morgan fingerprint density at radius 3 is 2.48 bits per heavy atom. The van der Waals surface area contributed by atoms with Gasteiger partial charge in [-0.1, -0.05) is 17.3 Å². The van der Waals surface area contributed by atoms with E-state index < -0.39 is 0 Å². The van der Waals surface area contributed by atoms with E-state index in [1.165, 1.54) is 0 Å². The molecular formula is C21H18N4O4. The highest BCUT2D eigenvalue weighted by molar-refractivity contribution is 6.03. The summed E-state index contributed by atoms with van der Waals surface area (Å²) in [6, 6.07) is 16.3. The molecule has 29 heavy (non-hydrogen) atoms. The second kappa shape index (κ2) is 7.97. The average Bonchev–Trinajstić information content (AvgIpc) is 3.39. The summed E-state index contributed by atoms with van der Waals surface area (Å²) in [5.74, 6) is 1.97. The second-order valence-electron chi connectivity index (χ2n) is 6.35. The summed E-state index contributed by atoms with van der Waals surface area (Å²) in [4.78, 5) is 12.5. The zero-order valence-corrected chi connectivity index (χ0v) is 15.9. The minimum absolute atomic E-state index is 0.196. The van der Waals surface area contributed by atoms with Crippen molar-refractivity contribution in [2.24, 2.45) is 0 Å². The zero-order valence-electron chi connectivity index (χ0n) is 15.9. The molecule has 8 heteroatoms. The molecule has 0 radical (unpaired) electrons. The molecule has 1 N–H and O–H groups in total. The van der Waals surface area contributed by atoms with Crippen molar-refractivity contribution in [3.63, 3.8) is 0 Å². The number of hydrogen-bond acceptors (Lipinski definition) is 7. The van der Waals surface area contributed by atoms with Gasteiger partial charge in [0.25, 0.3) is 5.91 Å². The van der Waals surface area contributed by atoms with Crippen LogP contribution in [0.1, 0.15) is 27.8 Å². The van der Waals surface area contributed by atoms with Gasteiger partial charge in [-0.15, -0.1) is 10.2 Å². The van der Waals surface area contributed by atoms with Crippen molar-refractivity contribution in [1.82, 2.24) is 15.4 Å². The third-order valence-electron chi connectivity index (χ3n) is 4.25. The molecule has 0 fully saturated rings. The largest absolute Gasteiger partial charge is 0.497 e. The van der Waals surface area contributed by atoms with Crippen LogP contribution in [0.15, 0.2) is 63.5 Å². The first-order chi connectivity index (χ1) is 14.1. The van der Waals surface area contributed by atoms with E-state index in [-0.39, 0.29) is 11.6 Å². The molecule has 0 aliphatic carbocycles. The van der Waals surface area contributed by atoms with Gasteiger partial charge in [0.2, 0.25) is 11.8 Å². The number of anilines is 1. The van der Waals surface area contributed by atoms with Gasteiger partial charge in [-0.25, -0.2) is 0 Å². The third-order valence-corrected chi connectivity index (χ3v) is 4.25. The molecule has 2 aromatic carbocycles. The Morgan fingerprint density at radius 2 is 1.83 bits per heavy atom. The summed E-state index contributed by atoms with van der Waals surface area (Å²) in [6.45, 7) is 1.75. The lowest BCUT2D eigenvalue weighted by molar-refractivity contribution is 0.101. The summed E-state index contributed by atoms with van der Waals surface area (Å²) in [7, 11) is 1.60. The van der Waals surface area contributed by atoms with E-state index in [1.807, 2.05) is 36.4 Å². The molecule has 4 aromatic rings. The number of carbonyl (C=O) groups is 1. The number of methoxy groups -OCH3 is 1. The maximum Gasteiger partial charge on any atom is 0.277 e. The minimum Gasteiger partial charge on any atom is -0.497 e. The summed E-state index contributed by atoms with van der Waals surface area (Å²) >= 11 is 0. The molecule has 0 spiro atoms. The van der Waals surface area contributed by atoms with Crippen LogP contribution in [-0.4, -0.2) is 28.4 Å². The summed E-state index contributed by atoms with van der Waals surface area (Å²) in [6.07, 6.45) is 0.531. The summed E-state index contributed by atoms with van der Waals surface area (Å²) < 4.78 is 15.8. The van der Waals surface area contributed by atoms with Crippen molar-refractivity contribution in [2.75, 3.05) is 12.4 Å². The Kier molecular flexibility index (Phi) is 5.07. The standard InChI is InChI=1S/C21H18N4O4/c1-13-23-24-20(28-13)11-14-3-7-16(8-4-14)22-21(26)18-12-19(29-25-18)15-5-9-17(27-2)10-6-15/h3-10,12H,11H2,1-2H3,(H,22,26). The van der Waals surface area contributed by atoms with Crippen LogP contribution in [0.4, 0.5) is 5.69 Å². The molecule has 1 amide bonds. The van der Waals surface area contributed by atoms with Gasteiger partial charge in [-0.2, -0.15) is 0 Å². The van der Waals surface area contributed by atoms with Gasteiger partial charge in [0, 0.05) is 24.2 Å². The Hall–Kier alpha value is -3.94. The Bertz CT molecular complexity index is 1110. The molecule has 2 aromatic heterocycles. The van der Waals surface area contributed by atoms with Gasteiger partial charge >= 0.3 is 0 Å². The molecule has 0 saturated carbocycles. The molecule has 0 aliphatic heterocycles. The molecule has 0 saturated heterocycles. The van der Waals surface area contributed by atoms with Crippen molar-refractivity contribution in [3.8, 4) is 17.1 Å². The van der Waals surface area contributed by atoms with Crippen LogP contribution < -0.4 is 10.1 Å². The van der Waals surface area contributed by atoms with E-state index in [4.69, 9.17) is 13.7 Å². The lowest BCUT2D eigenvalue weighted by atomic mass is 10.1. The number of nitrogens with one attached hydrogen (secondary N) is 1. The predicted molar refractivity (Wildman–Crippen MR) is 105 cm³/mol. The fourth-order valence-electron chi connectivity index (χ4n) is 2.76. The van der Waals surface area contributed by atoms with Crippen LogP contribution in [-0.2, 0) is 6.42 Å². The number of aryl methyl sites for hydroxylation is 1. The number of rotatable bonds is 6. The van der Waals surface area contributed by atoms with E-state index in [0.717, 1.165) is 16.9 Å². The monoisotopic (exact) mass is 390 g/mol. The highest BCUT2D eigenvalue weighted by Crippen LogP contribution is 2.23. The fraction of sp³-hybridized carbons (Fsp3) is 0.143. The molecule has 0 unspecified atom stereocenters. The lowest BCUT2D eigenvalue weighted by Gasteiger charge is -2.04. The first kappa shape index (κ1) is 18.4. The van der Waals surface area contributed by atoms with Crippen LogP contribution in [0.2, 0.25) is 0 Å². The van der Waals surface area contributed by atoms with Crippen LogP contribution in [0, 0.1) is 6.92 Å². The van der Waals surface area contributed by atoms with Crippen molar-refractivity contribution in [2.45, 2.75) is 13.3 Å². The van der Waals surface area contributed by atoms with Gasteiger partial charge in [0.1, 0.15) is 5.75 Å². The van der Waals surface area contributed by atoms with E-state index in [9.17, 15) is 4.79 Å². The molecule has 8 nitrogen and oxygen atoms in total. The first-order valence-electron chi connectivity index (χ1n) is 8.91. The molecule has 2 heterocycles. The number of hydrogen-bond donors (Lipinski definition) is 1. The average molecular weight is 390 g/mol. The number of aromatic nitrogens is 3. The fourth-order valence-corrected chi connectivity index (χ4v) is 2.76. The number of benzene rings is 2. The van der Waals surface area contributed by atoms with Crippen molar-refractivity contribution < 1.29 is 18.5 Å². The number of amides is 1. The van der Waals surface area contributed by atoms with E-state index in [0.29, 0.717) is 29.6 Å². The Labute approximate surface area is 166 Å². The van der Waals surface area contributed by atoms with E-state index in [2.05, 4.69) is 20.7 Å². The zero-order chi connectivity index (χ0) is 20.2.